The lowest BCUT2D eigenvalue weighted by atomic mass is 9.81. The van der Waals surface area contributed by atoms with Gasteiger partial charge in [-0.1, -0.05) is 0 Å². The van der Waals surface area contributed by atoms with Crippen LogP contribution in [0.3, 0.4) is 0 Å². The van der Waals surface area contributed by atoms with Crippen molar-refractivity contribution in [3.8, 4) is 0 Å². The standard InChI is InChI=1S/C23H38BN5O5/c1-16(27-20(31)32-21(2,3)4)18(30)28-10-9-11-29(13-12-28)19-25-14-17(15-26-19)24-33-22(5,6)23(7,8)34-24/h14-16H,9-13H2,1-8H3,(H,27,31)/t16-/m1/s1. The zero-order valence-electron chi connectivity index (χ0n) is 21.7. The summed E-state index contributed by atoms with van der Waals surface area (Å²) >= 11 is 0. The summed E-state index contributed by atoms with van der Waals surface area (Å²) in [6.07, 6.45) is 3.66. The Morgan fingerprint density at radius 1 is 1.06 bits per heavy atom. The van der Waals surface area contributed by atoms with E-state index in [9.17, 15) is 9.59 Å². The van der Waals surface area contributed by atoms with E-state index in [2.05, 4.69) is 20.2 Å². The summed E-state index contributed by atoms with van der Waals surface area (Å²) < 4.78 is 17.4. The van der Waals surface area contributed by atoms with Gasteiger partial charge in [0.15, 0.2) is 0 Å². The predicted molar refractivity (Wildman–Crippen MR) is 130 cm³/mol. The van der Waals surface area contributed by atoms with Gasteiger partial charge in [0.05, 0.1) is 11.2 Å². The molecular weight excluding hydrogens is 437 g/mol. The Hall–Kier alpha value is -2.40. The molecule has 11 heteroatoms. The highest BCUT2D eigenvalue weighted by Gasteiger charge is 2.52. The van der Waals surface area contributed by atoms with Crippen molar-refractivity contribution in [1.29, 1.82) is 0 Å². The maximum Gasteiger partial charge on any atom is 0.498 e. The van der Waals surface area contributed by atoms with Gasteiger partial charge >= 0.3 is 13.2 Å². The number of anilines is 1. The molecular formula is C23H38BN5O5. The minimum atomic E-state index is -0.670. The summed E-state index contributed by atoms with van der Waals surface area (Å²) in [6.45, 7) is 17.5. The van der Waals surface area contributed by atoms with Crippen molar-refractivity contribution in [2.45, 2.75) is 84.7 Å². The van der Waals surface area contributed by atoms with Gasteiger partial charge in [-0.2, -0.15) is 0 Å². The molecule has 10 nitrogen and oxygen atoms in total. The second-order valence-corrected chi connectivity index (χ2v) is 10.9. The number of amides is 2. The second kappa shape index (κ2) is 9.69. The minimum Gasteiger partial charge on any atom is -0.444 e. The number of hydrogen-bond acceptors (Lipinski definition) is 8. The minimum absolute atomic E-state index is 0.135. The number of carbonyl (C=O) groups excluding carboxylic acids is 2. The number of rotatable bonds is 4. The molecule has 34 heavy (non-hydrogen) atoms. The van der Waals surface area contributed by atoms with Crippen LogP contribution < -0.4 is 15.7 Å². The van der Waals surface area contributed by atoms with E-state index in [1.807, 2.05) is 27.7 Å². The second-order valence-electron chi connectivity index (χ2n) is 10.9. The number of hydrogen-bond donors (Lipinski definition) is 1. The zero-order chi connectivity index (χ0) is 25.3. The lowest BCUT2D eigenvalue weighted by Crippen LogP contribution is -2.49. The summed E-state index contributed by atoms with van der Waals surface area (Å²) in [5, 5.41) is 2.63. The van der Waals surface area contributed by atoms with Crippen molar-refractivity contribution in [1.82, 2.24) is 20.2 Å². The number of alkyl carbamates (subject to hydrolysis) is 1. The van der Waals surface area contributed by atoms with Gasteiger partial charge < -0.3 is 29.2 Å². The number of nitrogens with one attached hydrogen (secondary N) is 1. The molecule has 1 N–H and O–H groups in total. The van der Waals surface area contributed by atoms with Gasteiger partial charge in [-0.25, -0.2) is 14.8 Å². The van der Waals surface area contributed by atoms with E-state index in [0.29, 0.717) is 25.6 Å². The molecule has 2 aliphatic heterocycles. The number of ether oxygens (including phenoxy) is 1. The Morgan fingerprint density at radius 2 is 1.65 bits per heavy atom. The Kier molecular flexibility index (Phi) is 7.47. The molecule has 2 amide bonds. The molecule has 188 valence electrons. The Bertz CT molecular complexity index is 871. The van der Waals surface area contributed by atoms with Crippen LogP contribution in [-0.4, -0.2) is 83.0 Å². The van der Waals surface area contributed by atoms with Crippen LogP contribution in [0.2, 0.25) is 0 Å². The summed E-state index contributed by atoms with van der Waals surface area (Å²) in [7, 11) is -0.504. The molecule has 2 saturated heterocycles. The third-order valence-electron chi connectivity index (χ3n) is 6.38. The largest absolute Gasteiger partial charge is 0.498 e. The Labute approximate surface area is 202 Å². The van der Waals surface area contributed by atoms with Crippen LogP contribution in [-0.2, 0) is 18.8 Å². The fraction of sp³-hybridized carbons (Fsp3) is 0.739. The average molecular weight is 475 g/mol. The highest BCUT2D eigenvalue weighted by molar-refractivity contribution is 6.61. The quantitative estimate of drug-likeness (QED) is 0.657. The van der Waals surface area contributed by atoms with E-state index in [1.54, 1.807) is 45.0 Å². The molecule has 3 heterocycles. The number of carbonyl (C=O) groups is 2. The Morgan fingerprint density at radius 3 is 2.21 bits per heavy atom. The van der Waals surface area contributed by atoms with Crippen LogP contribution in [0.5, 0.6) is 0 Å². The monoisotopic (exact) mass is 475 g/mol. The average Bonchev–Trinajstić information content (AvgIpc) is 2.88. The molecule has 1 aromatic rings. The number of aromatic nitrogens is 2. The SMILES string of the molecule is C[C@@H](NC(=O)OC(C)(C)C)C(=O)N1CCCN(c2ncc(B3OC(C)(C)C(C)(C)O3)cn2)CC1. The summed E-state index contributed by atoms with van der Waals surface area (Å²) in [6, 6.07) is -0.670. The molecule has 0 bridgehead atoms. The molecule has 2 fully saturated rings. The first-order valence-corrected chi connectivity index (χ1v) is 11.9. The van der Waals surface area contributed by atoms with Crippen LogP contribution in [0.4, 0.5) is 10.7 Å². The molecule has 1 aromatic heterocycles. The lowest BCUT2D eigenvalue weighted by molar-refractivity contribution is -0.132. The lowest BCUT2D eigenvalue weighted by Gasteiger charge is -2.32. The van der Waals surface area contributed by atoms with E-state index in [4.69, 9.17) is 14.0 Å². The van der Waals surface area contributed by atoms with Crippen LogP contribution in [0, 0.1) is 0 Å². The smallest absolute Gasteiger partial charge is 0.444 e. The molecule has 0 radical (unpaired) electrons. The Balaban J connectivity index is 1.56. The highest BCUT2D eigenvalue weighted by Crippen LogP contribution is 2.36. The van der Waals surface area contributed by atoms with Gasteiger partial charge in [0.2, 0.25) is 11.9 Å². The van der Waals surface area contributed by atoms with Gasteiger partial charge in [-0.3, -0.25) is 4.79 Å². The van der Waals surface area contributed by atoms with E-state index >= 15 is 0 Å². The normalized spacial score (nSPS) is 21.1. The molecule has 0 aliphatic carbocycles. The molecule has 0 unspecified atom stereocenters. The number of nitrogens with zero attached hydrogens (tertiary/aromatic N) is 4. The molecule has 0 aromatic carbocycles. The maximum atomic E-state index is 12.9. The zero-order valence-corrected chi connectivity index (χ0v) is 21.7. The van der Waals surface area contributed by atoms with Gasteiger partial charge in [0.1, 0.15) is 11.6 Å². The third-order valence-corrected chi connectivity index (χ3v) is 6.38. The van der Waals surface area contributed by atoms with Crippen LogP contribution in [0.1, 0.15) is 61.8 Å². The van der Waals surface area contributed by atoms with E-state index in [1.165, 1.54) is 0 Å². The fourth-order valence-electron chi connectivity index (χ4n) is 3.75. The van der Waals surface area contributed by atoms with Gasteiger partial charge in [0, 0.05) is 44.0 Å². The maximum absolute atomic E-state index is 12.9. The van der Waals surface area contributed by atoms with Crippen molar-refractivity contribution in [3.05, 3.63) is 12.4 Å². The van der Waals surface area contributed by atoms with Crippen molar-refractivity contribution in [2.24, 2.45) is 0 Å². The first-order valence-electron chi connectivity index (χ1n) is 11.9. The fourth-order valence-corrected chi connectivity index (χ4v) is 3.75. The van der Waals surface area contributed by atoms with Crippen molar-refractivity contribution in [3.63, 3.8) is 0 Å². The highest BCUT2D eigenvalue weighted by atomic mass is 16.7. The molecule has 0 saturated carbocycles. The van der Waals surface area contributed by atoms with Gasteiger partial charge in [0.25, 0.3) is 0 Å². The van der Waals surface area contributed by atoms with E-state index < -0.39 is 36.1 Å². The first-order chi connectivity index (χ1) is 15.7. The molecule has 0 spiro atoms. The summed E-state index contributed by atoms with van der Waals surface area (Å²) in [4.78, 5) is 37.8. The van der Waals surface area contributed by atoms with Crippen molar-refractivity contribution >= 4 is 30.5 Å². The summed E-state index contributed by atoms with van der Waals surface area (Å²) in [5.74, 6) is 0.472. The van der Waals surface area contributed by atoms with E-state index in [-0.39, 0.29) is 5.91 Å². The van der Waals surface area contributed by atoms with Gasteiger partial charge in [-0.15, -0.1) is 0 Å². The topological polar surface area (TPSA) is 106 Å². The van der Waals surface area contributed by atoms with Crippen molar-refractivity contribution in [2.75, 3.05) is 31.1 Å². The summed E-state index contributed by atoms with van der Waals surface area (Å²) in [5.41, 5.74) is -0.691. The van der Waals surface area contributed by atoms with Crippen LogP contribution in [0.25, 0.3) is 0 Å². The predicted octanol–water partition coefficient (Wildman–Crippen LogP) is 1.73. The van der Waals surface area contributed by atoms with Crippen molar-refractivity contribution < 1.29 is 23.6 Å². The van der Waals surface area contributed by atoms with Gasteiger partial charge in [-0.05, 0) is 61.8 Å². The third kappa shape index (κ3) is 6.18. The van der Waals surface area contributed by atoms with Crippen LogP contribution in [0.15, 0.2) is 12.4 Å². The molecule has 3 rings (SSSR count). The molecule has 1 atom stereocenters. The first kappa shape index (κ1) is 26.2. The van der Waals surface area contributed by atoms with Crippen LogP contribution >= 0.6 is 0 Å². The van der Waals surface area contributed by atoms with E-state index in [0.717, 1.165) is 18.4 Å². The molecule has 2 aliphatic rings.